The van der Waals surface area contributed by atoms with Gasteiger partial charge in [0.15, 0.2) is 0 Å². The van der Waals surface area contributed by atoms with Crippen molar-refractivity contribution in [2.75, 3.05) is 6.61 Å². The fraction of sp³-hybridized carbons (Fsp3) is 0.600. The van der Waals surface area contributed by atoms with Crippen molar-refractivity contribution in [1.29, 1.82) is 0 Å². The molecule has 0 rings (SSSR count). The molecule has 0 atom stereocenters. The first-order chi connectivity index (χ1) is 3.27. The van der Waals surface area contributed by atoms with E-state index >= 15 is 0 Å². The lowest BCUT2D eigenvalue weighted by Gasteiger charge is -1.89. The molecule has 0 saturated carbocycles. The summed E-state index contributed by atoms with van der Waals surface area (Å²) >= 11 is 0. The minimum Gasteiger partial charge on any atom is -0.396 e. The molecule has 41 valence electrons. The standard InChI is InChI=1S/C5H10NO/c1-4-7-6-5(2)3/h2,4H2,1,3H3. The Morgan fingerprint density at radius 1 is 1.86 bits per heavy atom. The van der Waals surface area contributed by atoms with Crippen LogP contribution in [0.3, 0.4) is 0 Å². The number of hydrogen-bond donors (Lipinski definition) is 0. The van der Waals surface area contributed by atoms with Crippen molar-refractivity contribution in [2.45, 2.75) is 13.8 Å². The Bertz CT molecular complexity index is 64.5. The number of oxime groups is 1. The van der Waals surface area contributed by atoms with Gasteiger partial charge in [0, 0.05) is 0 Å². The molecule has 0 heterocycles. The third kappa shape index (κ3) is 5.47. The van der Waals surface area contributed by atoms with E-state index in [-0.39, 0.29) is 0 Å². The smallest absolute Gasteiger partial charge is 0.114 e. The summed E-state index contributed by atoms with van der Waals surface area (Å²) in [6.45, 7) is 7.79. The number of rotatable bonds is 2. The lowest BCUT2D eigenvalue weighted by molar-refractivity contribution is 0.159. The van der Waals surface area contributed by atoms with Crippen LogP contribution in [0.4, 0.5) is 0 Å². The molecule has 0 bridgehead atoms. The molecule has 0 spiro atoms. The van der Waals surface area contributed by atoms with Crippen LogP contribution in [0.25, 0.3) is 0 Å². The summed E-state index contributed by atoms with van der Waals surface area (Å²) in [5, 5.41) is 3.55. The molecule has 7 heavy (non-hydrogen) atoms. The van der Waals surface area contributed by atoms with Crippen LogP contribution in [0.15, 0.2) is 5.16 Å². The Kier molecular flexibility index (Phi) is 3.38. The largest absolute Gasteiger partial charge is 0.396 e. The summed E-state index contributed by atoms with van der Waals surface area (Å²) in [6.07, 6.45) is 0. The van der Waals surface area contributed by atoms with Crippen LogP contribution >= 0.6 is 0 Å². The minimum absolute atomic E-state index is 0.618. The first-order valence-electron chi connectivity index (χ1n) is 2.26. The van der Waals surface area contributed by atoms with Crippen LogP contribution in [0, 0.1) is 6.92 Å². The molecule has 0 aromatic carbocycles. The molecule has 0 fully saturated rings. The number of nitrogens with zero attached hydrogens (tertiary/aromatic N) is 1. The predicted molar refractivity (Wildman–Crippen MR) is 30.1 cm³/mol. The fourth-order valence-corrected chi connectivity index (χ4v) is 0.175. The Labute approximate surface area is 44.2 Å². The molecule has 0 aromatic rings. The second kappa shape index (κ2) is 3.65. The van der Waals surface area contributed by atoms with Gasteiger partial charge in [0.25, 0.3) is 0 Å². The average molecular weight is 100 g/mol. The van der Waals surface area contributed by atoms with Gasteiger partial charge in [0.05, 0.1) is 5.71 Å². The van der Waals surface area contributed by atoms with E-state index in [1.165, 1.54) is 0 Å². The zero-order valence-corrected chi connectivity index (χ0v) is 4.77. The predicted octanol–water partition coefficient (Wildman–Crippen LogP) is 1.23. The highest BCUT2D eigenvalue weighted by atomic mass is 16.6. The van der Waals surface area contributed by atoms with E-state index in [4.69, 9.17) is 0 Å². The first kappa shape index (κ1) is 6.47. The molecule has 1 radical (unpaired) electrons. The maximum Gasteiger partial charge on any atom is 0.114 e. The summed E-state index contributed by atoms with van der Waals surface area (Å²) in [4.78, 5) is 4.62. The molecule has 0 N–H and O–H groups in total. The highest BCUT2D eigenvalue weighted by Gasteiger charge is 1.73. The van der Waals surface area contributed by atoms with Crippen molar-refractivity contribution >= 4 is 5.71 Å². The molecule has 0 amide bonds. The maximum atomic E-state index is 4.62. The first-order valence-corrected chi connectivity index (χ1v) is 2.26. The molecule has 0 aliphatic heterocycles. The summed E-state index contributed by atoms with van der Waals surface area (Å²) < 4.78 is 0. The van der Waals surface area contributed by atoms with E-state index in [9.17, 15) is 0 Å². The van der Waals surface area contributed by atoms with Crippen LogP contribution < -0.4 is 0 Å². The highest BCUT2D eigenvalue weighted by molar-refractivity contribution is 5.85. The molecule has 2 nitrogen and oxygen atoms in total. The zero-order chi connectivity index (χ0) is 5.70. The SMILES string of the molecule is [CH2]C(C)=NOCC. The minimum atomic E-state index is 0.618. The van der Waals surface area contributed by atoms with Crippen LogP contribution in [0.5, 0.6) is 0 Å². The van der Waals surface area contributed by atoms with E-state index in [0.717, 1.165) is 0 Å². The fourth-order valence-electron chi connectivity index (χ4n) is 0.175. The van der Waals surface area contributed by atoms with Crippen molar-refractivity contribution < 1.29 is 4.84 Å². The van der Waals surface area contributed by atoms with Gasteiger partial charge in [-0.25, -0.2) is 0 Å². The molecule has 0 aliphatic carbocycles. The Hall–Kier alpha value is -0.530. The van der Waals surface area contributed by atoms with Gasteiger partial charge in [-0.15, -0.1) is 0 Å². The van der Waals surface area contributed by atoms with E-state index in [2.05, 4.69) is 16.9 Å². The second-order valence-corrected chi connectivity index (χ2v) is 1.24. The molecule has 0 unspecified atom stereocenters. The molecule has 0 aliphatic rings. The van der Waals surface area contributed by atoms with E-state index < -0.39 is 0 Å². The Balaban J connectivity index is 3.08. The van der Waals surface area contributed by atoms with Crippen molar-refractivity contribution in [3.63, 3.8) is 0 Å². The van der Waals surface area contributed by atoms with Crippen molar-refractivity contribution in [3.8, 4) is 0 Å². The van der Waals surface area contributed by atoms with Crippen LogP contribution in [0.2, 0.25) is 0 Å². The van der Waals surface area contributed by atoms with Gasteiger partial charge in [-0.05, 0) is 20.8 Å². The van der Waals surface area contributed by atoms with Gasteiger partial charge < -0.3 is 4.84 Å². The zero-order valence-electron chi connectivity index (χ0n) is 4.77. The van der Waals surface area contributed by atoms with Crippen molar-refractivity contribution in [3.05, 3.63) is 6.92 Å². The third-order valence-electron chi connectivity index (χ3n) is 0.349. The molecule has 2 heteroatoms. The Morgan fingerprint density at radius 2 is 2.43 bits per heavy atom. The van der Waals surface area contributed by atoms with Gasteiger partial charge in [0.2, 0.25) is 0 Å². The molecule has 0 saturated heterocycles. The lowest BCUT2D eigenvalue weighted by Crippen LogP contribution is -1.84. The third-order valence-corrected chi connectivity index (χ3v) is 0.349. The number of hydrogen-bond acceptors (Lipinski definition) is 2. The summed E-state index contributed by atoms with van der Waals surface area (Å²) in [5.74, 6) is 0. The average Bonchev–Trinajstić information content (AvgIpc) is 1.61. The van der Waals surface area contributed by atoms with Gasteiger partial charge >= 0.3 is 0 Å². The molecule has 0 aromatic heterocycles. The summed E-state index contributed by atoms with van der Waals surface area (Å²) in [5.41, 5.74) is 0.710. The van der Waals surface area contributed by atoms with Crippen molar-refractivity contribution in [2.24, 2.45) is 5.16 Å². The normalized spacial score (nSPS) is 11.6. The van der Waals surface area contributed by atoms with Crippen molar-refractivity contribution in [1.82, 2.24) is 0 Å². The topological polar surface area (TPSA) is 21.6 Å². The van der Waals surface area contributed by atoms with Gasteiger partial charge in [-0.3, -0.25) is 0 Å². The van der Waals surface area contributed by atoms with E-state index in [1.807, 2.05) is 6.92 Å². The Morgan fingerprint density at radius 3 is 2.57 bits per heavy atom. The van der Waals surface area contributed by atoms with Gasteiger partial charge in [-0.2, -0.15) is 0 Å². The van der Waals surface area contributed by atoms with Gasteiger partial charge in [-0.1, -0.05) is 5.16 Å². The quantitative estimate of drug-likeness (QED) is 0.378. The second-order valence-electron chi connectivity index (χ2n) is 1.24. The maximum absolute atomic E-state index is 4.62. The summed E-state index contributed by atoms with van der Waals surface area (Å²) in [6, 6.07) is 0. The lowest BCUT2D eigenvalue weighted by atomic mass is 10.5. The van der Waals surface area contributed by atoms with Gasteiger partial charge in [0.1, 0.15) is 6.61 Å². The van der Waals surface area contributed by atoms with E-state index in [0.29, 0.717) is 12.3 Å². The van der Waals surface area contributed by atoms with Crippen LogP contribution in [0.1, 0.15) is 13.8 Å². The van der Waals surface area contributed by atoms with Crippen LogP contribution in [-0.2, 0) is 4.84 Å². The monoisotopic (exact) mass is 100 g/mol. The molecular weight excluding hydrogens is 90.1 g/mol. The van der Waals surface area contributed by atoms with Crippen LogP contribution in [-0.4, -0.2) is 12.3 Å². The summed E-state index contributed by atoms with van der Waals surface area (Å²) in [7, 11) is 0. The highest BCUT2D eigenvalue weighted by Crippen LogP contribution is 1.75. The molecular formula is C5H10NO. The van der Waals surface area contributed by atoms with E-state index in [1.54, 1.807) is 6.92 Å².